The SMILES string of the molecule is C=CCN(CC1=C(Br)C(=O)c2ccccc2C1=O)S(C)(=O)=O. The van der Waals surface area contributed by atoms with Crippen molar-refractivity contribution in [1.82, 2.24) is 4.31 Å². The summed E-state index contributed by atoms with van der Waals surface area (Å²) in [5.74, 6) is -0.669. The van der Waals surface area contributed by atoms with E-state index in [1.807, 2.05) is 0 Å². The lowest BCUT2D eigenvalue weighted by molar-refractivity contribution is 0.0978. The van der Waals surface area contributed by atoms with Crippen LogP contribution in [0.3, 0.4) is 0 Å². The number of rotatable bonds is 5. The fraction of sp³-hybridized carbons (Fsp3) is 0.200. The summed E-state index contributed by atoms with van der Waals surface area (Å²) in [6, 6.07) is 6.48. The van der Waals surface area contributed by atoms with Crippen molar-refractivity contribution in [1.29, 1.82) is 0 Å². The zero-order valence-corrected chi connectivity index (χ0v) is 14.3. The van der Waals surface area contributed by atoms with Crippen LogP contribution in [0, 0.1) is 0 Å². The Balaban J connectivity index is 2.47. The van der Waals surface area contributed by atoms with E-state index in [2.05, 4.69) is 22.5 Å². The number of nitrogens with zero attached hydrogens (tertiary/aromatic N) is 1. The lowest BCUT2D eigenvalue weighted by atomic mass is 9.89. The molecule has 1 aliphatic rings. The largest absolute Gasteiger partial charge is 0.289 e. The summed E-state index contributed by atoms with van der Waals surface area (Å²) in [6.45, 7) is 3.40. The Kier molecular flexibility index (Phi) is 4.79. The molecule has 0 saturated heterocycles. The maximum absolute atomic E-state index is 12.6. The molecule has 0 fully saturated rings. The first-order valence-corrected chi connectivity index (χ1v) is 9.04. The number of hydrogen-bond donors (Lipinski definition) is 0. The molecule has 0 aliphatic heterocycles. The summed E-state index contributed by atoms with van der Waals surface area (Å²) in [5, 5.41) is 0. The van der Waals surface area contributed by atoms with Gasteiger partial charge in [-0.25, -0.2) is 8.42 Å². The van der Waals surface area contributed by atoms with Crippen molar-refractivity contribution >= 4 is 37.5 Å². The molecule has 0 amide bonds. The Morgan fingerprint density at radius 3 is 2.23 bits per heavy atom. The molecule has 0 spiro atoms. The van der Waals surface area contributed by atoms with E-state index in [0.29, 0.717) is 5.56 Å². The first-order valence-electron chi connectivity index (χ1n) is 6.40. The van der Waals surface area contributed by atoms with Gasteiger partial charge in [-0.05, 0) is 15.9 Å². The number of halogens is 1. The summed E-state index contributed by atoms with van der Waals surface area (Å²) >= 11 is 3.14. The fourth-order valence-corrected chi connectivity index (χ4v) is 3.43. The Bertz CT molecular complexity index is 796. The van der Waals surface area contributed by atoms with E-state index in [9.17, 15) is 18.0 Å². The zero-order valence-electron chi connectivity index (χ0n) is 11.9. The second-order valence-electron chi connectivity index (χ2n) is 4.84. The summed E-state index contributed by atoms with van der Waals surface area (Å²) in [5.41, 5.74) is 0.742. The molecular formula is C15H14BrNO4S. The van der Waals surface area contributed by atoms with Crippen LogP contribution >= 0.6 is 15.9 Å². The first kappa shape index (κ1) is 16.8. The molecule has 1 aliphatic carbocycles. The van der Waals surface area contributed by atoms with Crippen molar-refractivity contribution in [2.75, 3.05) is 19.3 Å². The minimum absolute atomic E-state index is 0.0612. The smallest absolute Gasteiger partial charge is 0.211 e. The van der Waals surface area contributed by atoms with Crippen molar-refractivity contribution in [3.05, 3.63) is 58.1 Å². The lowest BCUT2D eigenvalue weighted by Crippen LogP contribution is -2.35. The second-order valence-corrected chi connectivity index (χ2v) is 7.62. The molecule has 0 bridgehead atoms. The van der Waals surface area contributed by atoms with Gasteiger partial charge in [0.1, 0.15) is 0 Å². The number of Topliss-reactive ketones (excluding diaryl/α,β-unsaturated/α-hetero) is 2. The summed E-state index contributed by atoms with van der Waals surface area (Å²) in [6.07, 6.45) is 2.48. The highest BCUT2D eigenvalue weighted by Gasteiger charge is 2.32. The maximum Gasteiger partial charge on any atom is 0.211 e. The van der Waals surface area contributed by atoms with Gasteiger partial charge >= 0.3 is 0 Å². The van der Waals surface area contributed by atoms with Crippen LogP contribution in [-0.2, 0) is 10.0 Å². The van der Waals surface area contributed by atoms with E-state index < -0.39 is 10.0 Å². The van der Waals surface area contributed by atoms with Gasteiger partial charge in [0.15, 0.2) is 5.78 Å². The molecule has 0 atom stereocenters. The molecule has 7 heteroatoms. The minimum Gasteiger partial charge on any atom is -0.289 e. The third kappa shape index (κ3) is 3.11. The third-order valence-corrected chi connectivity index (χ3v) is 5.35. The molecule has 0 N–H and O–H groups in total. The normalized spacial score (nSPS) is 15.2. The molecule has 1 aromatic rings. The van der Waals surface area contributed by atoms with Crippen molar-refractivity contribution in [2.24, 2.45) is 0 Å². The zero-order chi connectivity index (χ0) is 16.5. The van der Waals surface area contributed by atoms with E-state index in [1.54, 1.807) is 24.3 Å². The fourth-order valence-electron chi connectivity index (χ4n) is 2.18. The molecule has 5 nitrogen and oxygen atoms in total. The van der Waals surface area contributed by atoms with Crippen LogP contribution in [0.2, 0.25) is 0 Å². The molecule has 0 radical (unpaired) electrons. The van der Waals surface area contributed by atoms with Gasteiger partial charge in [0, 0.05) is 29.8 Å². The maximum atomic E-state index is 12.6. The molecule has 22 heavy (non-hydrogen) atoms. The van der Waals surface area contributed by atoms with E-state index in [-0.39, 0.29) is 40.3 Å². The van der Waals surface area contributed by atoms with Gasteiger partial charge in [0.2, 0.25) is 15.8 Å². The highest BCUT2D eigenvalue weighted by Crippen LogP contribution is 2.30. The van der Waals surface area contributed by atoms with Crippen LogP contribution in [0.15, 0.2) is 47.0 Å². The van der Waals surface area contributed by atoms with Crippen LogP contribution in [-0.4, -0.2) is 43.6 Å². The van der Waals surface area contributed by atoms with Crippen LogP contribution in [0.1, 0.15) is 20.7 Å². The monoisotopic (exact) mass is 383 g/mol. The van der Waals surface area contributed by atoms with E-state index in [1.165, 1.54) is 6.08 Å². The number of hydrogen-bond acceptors (Lipinski definition) is 4. The highest BCUT2D eigenvalue weighted by molar-refractivity contribution is 9.12. The van der Waals surface area contributed by atoms with Gasteiger partial charge in [0.05, 0.1) is 10.7 Å². The molecule has 0 aromatic heterocycles. The molecule has 2 rings (SSSR count). The number of benzene rings is 1. The van der Waals surface area contributed by atoms with Gasteiger partial charge in [-0.2, -0.15) is 4.31 Å². The summed E-state index contributed by atoms with van der Waals surface area (Å²) in [7, 11) is -3.52. The Hall–Kier alpha value is -1.57. The van der Waals surface area contributed by atoms with Gasteiger partial charge in [-0.15, -0.1) is 6.58 Å². The predicted octanol–water partition coefficient (Wildman–Crippen LogP) is 2.16. The Labute approximate surface area is 137 Å². The third-order valence-electron chi connectivity index (χ3n) is 3.29. The quantitative estimate of drug-likeness (QED) is 0.730. The Morgan fingerprint density at radius 2 is 1.73 bits per heavy atom. The number of ketones is 2. The molecular weight excluding hydrogens is 370 g/mol. The molecule has 1 aromatic carbocycles. The molecule has 0 heterocycles. The highest BCUT2D eigenvalue weighted by atomic mass is 79.9. The number of carbonyl (C=O) groups excluding carboxylic acids is 2. The average Bonchev–Trinajstić information content (AvgIpc) is 2.47. The Morgan fingerprint density at radius 1 is 1.18 bits per heavy atom. The number of fused-ring (bicyclic) bond motifs is 1. The number of sulfonamides is 1. The van der Waals surface area contributed by atoms with E-state index >= 15 is 0 Å². The van der Waals surface area contributed by atoms with Gasteiger partial charge in [0.25, 0.3) is 0 Å². The molecule has 116 valence electrons. The second kappa shape index (κ2) is 6.28. The van der Waals surface area contributed by atoms with Crippen LogP contribution in [0.5, 0.6) is 0 Å². The van der Waals surface area contributed by atoms with Crippen LogP contribution in [0.25, 0.3) is 0 Å². The summed E-state index contributed by atoms with van der Waals surface area (Å²) in [4.78, 5) is 24.9. The standard InChI is InChI=1S/C15H14BrNO4S/c1-3-8-17(22(2,20)21)9-12-13(16)15(19)11-7-5-4-6-10(11)14(12)18/h3-7H,1,8-9H2,2H3. The minimum atomic E-state index is -3.52. The molecule has 0 saturated carbocycles. The van der Waals surface area contributed by atoms with Gasteiger partial charge in [-0.3, -0.25) is 9.59 Å². The van der Waals surface area contributed by atoms with Crippen LogP contribution < -0.4 is 0 Å². The average molecular weight is 384 g/mol. The van der Waals surface area contributed by atoms with Crippen LogP contribution in [0.4, 0.5) is 0 Å². The first-order chi connectivity index (χ1) is 10.3. The van der Waals surface area contributed by atoms with Crippen molar-refractivity contribution in [2.45, 2.75) is 0 Å². The summed E-state index contributed by atoms with van der Waals surface area (Å²) < 4.78 is 24.8. The van der Waals surface area contributed by atoms with Crippen molar-refractivity contribution in [3.63, 3.8) is 0 Å². The van der Waals surface area contributed by atoms with Gasteiger partial charge in [-0.1, -0.05) is 30.3 Å². The van der Waals surface area contributed by atoms with Crippen molar-refractivity contribution < 1.29 is 18.0 Å². The number of allylic oxidation sites excluding steroid dienone is 1. The van der Waals surface area contributed by atoms with E-state index in [0.717, 1.165) is 10.6 Å². The lowest BCUT2D eigenvalue weighted by Gasteiger charge is -2.23. The number of carbonyl (C=O) groups is 2. The van der Waals surface area contributed by atoms with E-state index in [4.69, 9.17) is 0 Å². The van der Waals surface area contributed by atoms with Crippen molar-refractivity contribution in [3.8, 4) is 0 Å². The predicted molar refractivity (Wildman–Crippen MR) is 87.7 cm³/mol. The molecule has 0 unspecified atom stereocenters. The van der Waals surface area contributed by atoms with Gasteiger partial charge < -0.3 is 0 Å². The topological polar surface area (TPSA) is 71.5 Å².